The van der Waals surface area contributed by atoms with Crippen LogP contribution in [0.3, 0.4) is 0 Å². The molecule has 0 aromatic heterocycles. The van der Waals surface area contributed by atoms with Gasteiger partial charge >= 0.3 is 0 Å². The van der Waals surface area contributed by atoms with Gasteiger partial charge in [0.2, 0.25) is 0 Å². The molecule has 5 heteroatoms. The number of hydrogen-bond acceptors (Lipinski definition) is 3. The highest BCUT2D eigenvalue weighted by molar-refractivity contribution is 7.80. The SMILES string of the molecule is COc1ccc([C@@H](CNC(=S)Nc2cccc(C)c2C)N2CCCCC2)cc1. The van der Waals surface area contributed by atoms with Crippen molar-refractivity contribution < 1.29 is 4.74 Å². The van der Waals surface area contributed by atoms with Crippen LogP contribution in [0.1, 0.15) is 42.0 Å². The molecule has 1 fully saturated rings. The highest BCUT2D eigenvalue weighted by Crippen LogP contribution is 2.26. The Morgan fingerprint density at radius 2 is 1.79 bits per heavy atom. The van der Waals surface area contributed by atoms with Crippen molar-refractivity contribution in [2.75, 3.05) is 32.1 Å². The largest absolute Gasteiger partial charge is 0.497 e. The van der Waals surface area contributed by atoms with Crippen LogP contribution in [0.4, 0.5) is 5.69 Å². The van der Waals surface area contributed by atoms with Crippen molar-refractivity contribution in [3.8, 4) is 5.75 Å². The topological polar surface area (TPSA) is 36.5 Å². The van der Waals surface area contributed by atoms with Gasteiger partial charge in [-0.15, -0.1) is 0 Å². The Hall–Kier alpha value is -2.11. The molecule has 0 spiro atoms. The van der Waals surface area contributed by atoms with Crippen LogP contribution in [0, 0.1) is 13.8 Å². The fourth-order valence-corrected chi connectivity index (χ4v) is 3.95. The summed E-state index contributed by atoms with van der Waals surface area (Å²) in [7, 11) is 1.70. The third kappa shape index (κ3) is 5.24. The van der Waals surface area contributed by atoms with E-state index < -0.39 is 0 Å². The van der Waals surface area contributed by atoms with Crippen LogP contribution in [-0.4, -0.2) is 36.8 Å². The lowest BCUT2D eigenvalue weighted by Gasteiger charge is -2.35. The van der Waals surface area contributed by atoms with Gasteiger partial charge in [0, 0.05) is 12.2 Å². The van der Waals surface area contributed by atoms with Crippen molar-refractivity contribution in [2.24, 2.45) is 0 Å². The molecule has 28 heavy (non-hydrogen) atoms. The molecule has 1 saturated heterocycles. The fraction of sp³-hybridized carbons (Fsp3) is 0.435. The molecule has 150 valence electrons. The zero-order valence-corrected chi connectivity index (χ0v) is 17.9. The lowest BCUT2D eigenvalue weighted by molar-refractivity contribution is 0.164. The van der Waals surface area contributed by atoms with E-state index in [4.69, 9.17) is 17.0 Å². The van der Waals surface area contributed by atoms with Gasteiger partial charge in [0.15, 0.2) is 5.11 Å². The second-order valence-electron chi connectivity index (χ2n) is 7.47. The lowest BCUT2D eigenvalue weighted by atomic mass is 10.0. The van der Waals surface area contributed by atoms with Crippen LogP contribution in [0.25, 0.3) is 0 Å². The van der Waals surface area contributed by atoms with Gasteiger partial charge in [0.05, 0.1) is 13.2 Å². The van der Waals surface area contributed by atoms with Crippen LogP contribution in [0.15, 0.2) is 42.5 Å². The smallest absolute Gasteiger partial charge is 0.170 e. The van der Waals surface area contributed by atoms with E-state index in [1.807, 2.05) is 12.1 Å². The monoisotopic (exact) mass is 397 g/mol. The van der Waals surface area contributed by atoms with Crippen LogP contribution >= 0.6 is 12.2 Å². The number of hydrogen-bond donors (Lipinski definition) is 2. The maximum atomic E-state index is 5.59. The molecule has 2 aromatic rings. The first kappa shape index (κ1) is 20.6. The maximum absolute atomic E-state index is 5.59. The molecule has 1 heterocycles. The number of thiocarbonyl (C=S) groups is 1. The summed E-state index contributed by atoms with van der Waals surface area (Å²) in [5, 5.41) is 7.48. The second kappa shape index (κ2) is 9.89. The van der Waals surface area contributed by atoms with Crippen molar-refractivity contribution in [3.63, 3.8) is 0 Å². The molecule has 0 amide bonds. The van der Waals surface area contributed by atoms with E-state index in [2.05, 4.69) is 59.7 Å². The summed E-state index contributed by atoms with van der Waals surface area (Å²) in [6, 6.07) is 15.0. The van der Waals surface area contributed by atoms with Crippen molar-refractivity contribution in [2.45, 2.75) is 39.2 Å². The third-order valence-corrected chi connectivity index (χ3v) is 5.89. The molecular formula is C23H31N3OS. The Morgan fingerprint density at radius 3 is 2.46 bits per heavy atom. The molecule has 2 N–H and O–H groups in total. The van der Waals surface area contributed by atoms with E-state index in [-0.39, 0.29) is 0 Å². The molecule has 3 rings (SSSR count). The number of methoxy groups -OCH3 is 1. The Labute approximate surface area is 174 Å². The number of benzene rings is 2. The maximum Gasteiger partial charge on any atom is 0.170 e. The highest BCUT2D eigenvalue weighted by atomic mass is 32.1. The van der Waals surface area contributed by atoms with Gasteiger partial charge in [-0.3, -0.25) is 4.90 Å². The van der Waals surface area contributed by atoms with E-state index in [0.29, 0.717) is 11.2 Å². The molecular weight excluding hydrogens is 366 g/mol. The first-order valence-electron chi connectivity index (χ1n) is 10.1. The third-order valence-electron chi connectivity index (χ3n) is 5.64. The number of ether oxygens (including phenoxy) is 1. The van der Waals surface area contributed by atoms with E-state index in [1.165, 1.54) is 36.0 Å². The zero-order chi connectivity index (χ0) is 19.9. The molecule has 0 bridgehead atoms. The molecule has 1 atom stereocenters. The Kier molecular flexibility index (Phi) is 7.29. The van der Waals surface area contributed by atoms with E-state index in [9.17, 15) is 0 Å². The Morgan fingerprint density at radius 1 is 1.07 bits per heavy atom. The molecule has 0 radical (unpaired) electrons. The Bertz CT molecular complexity index is 785. The summed E-state index contributed by atoms with van der Waals surface area (Å²) >= 11 is 5.59. The van der Waals surface area contributed by atoms with Gasteiger partial charge in [0.25, 0.3) is 0 Å². The predicted molar refractivity (Wildman–Crippen MR) is 121 cm³/mol. The summed E-state index contributed by atoms with van der Waals surface area (Å²) in [6.45, 7) is 7.29. The predicted octanol–water partition coefficient (Wildman–Crippen LogP) is 4.83. The van der Waals surface area contributed by atoms with E-state index >= 15 is 0 Å². The summed E-state index contributed by atoms with van der Waals surface area (Å²) in [6.07, 6.45) is 3.85. The average Bonchev–Trinajstić information content (AvgIpc) is 2.73. The van der Waals surface area contributed by atoms with Gasteiger partial charge in [-0.05, 0) is 86.9 Å². The highest BCUT2D eigenvalue weighted by Gasteiger charge is 2.22. The number of aryl methyl sites for hydroxylation is 1. The molecule has 0 saturated carbocycles. The summed E-state index contributed by atoms with van der Waals surface area (Å²) in [4.78, 5) is 2.57. The summed E-state index contributed by atoms with van der Waals surface area (Å²) < 4.78 is 5.32. The molecule has 2 aromatic carbocycles. The minimum atomic E-state index is 0.296. The zero-order valence-electron chi connectivity index (χ0n) is 17.1. The van der Waals surface area contributed by atoms with E-state index in [1.54, 1.807) is 7.11 Å². The normalized spacial score (nSPS) is 15.7. The first-order chi connectivity index (χ1) is 13.6. The standard InChI is InChI=1S/C23H31N3OS/c1-17-8-7-9-21(18(17)2)25-23(28)24-16-22(26-14-5-4-6-15-26)19-10-12-20(27-3)13-11-19/h7-13,22H,4-6,14-16H2,1-3H3,(H2,24,25,28)/t22-/m1/s1. The molecule has 4 nitrogen and oxygen atoms in total. The lowest BCUT2D eigenvalue weighted by Crippen LogP contribution is -2.41. The molecule has 1 aliphatic heterocycles. The van der Waals surface area contributed by atoms with Crippen LogP contribution < -0.4 is 15.4 Å². The van der Waals surface area contributed by atoms with Gasteiger partial charge < -0.3 is 15.4 Å². The number of rotatable bonds is 6. The van der Waals surface area contributed by atoms with Gasteiger partial charge in [-0.1, -0.05) is 30.7 Å². The molecule has 0 aliphatic carbocycles. The van der Waals surface area contributed by atoms with Gasteiger partial charge in [0.1, 0.15) is 5.75 Å². The van der Waals surface area contributed by atoms with Gasteiger partial charge in [-0.25, -0.2) is 0 Å². The first-order valence-corrected chi connectivity index (χ1v) is 10.5. The quantitative estimate of drug-likeness (QED) is 0.683. The van der Waals surface area contributed by atoms with Crippen LogP contribution in [-0.2, 0) is 0 Å². The number of anilines is 1. The number of piperidine rings is 1. The van der Waals surface area contributed by atoms with Gasteiger partial charge in [-0.2, -0.15) is 0 Å². The minimum absolute atomic E-state index is 0.296. The van der Waals surface area contributed by atoms with Crippen molar-refractivity contribution in [3.05, 3.63) is 59.2 Å². The number of nitrogens with one attached hydrogen (secondary N) is 2. The van der Waals surface area contributed by atoms with Crippen LogP contribution in [0.5, 0.6) is 5.75 Å². The summed E-state index contributed by atoms with van der Waals surface area (Å²) in [5.74, 6) is 0.890. The molecule has 1 aliphatic rings. The average molecular weight is 398 g/mol. The minimum Gasteiger partial charge on any atom is -0.497 e. The van der Waals surface area contributed by atoms with Crippen molar-refractivity contribution in [1.29, 1.82) is 0 Å². The van der Waals surface area contributed by atoms with Crippen molar-refractivity contribution >= 4 is 23.0 Å². The Balaban J connectivity index is 1.68. The van der Waals surface area contributed by atoms with E-state index in [0.717, 1.165) is 31.1 Å². The van der Waals surface area contributed by atoms with Crippen LogP contribution in [0.2, 0.25) is 0 Å². The number of nitrogens with zero attached hydrogens (tertiary/aromatic N) is 1. The molecule has 0 unspecified atom stereocenters. The second-order valence-corrected chi connectivity index (χ2v) is 7.88. The number of likely N-dealkylation sites (tertiary alicyclic amines) is 1. The van der Waals surface area contributed by atoms with Crippen molar-refractivity contribution in [1.82, 2.24) is 10.2 Å². The fourth-order valence-electron chi connectivity index (χ4n) is 3.76. The summed E-state index contributed by atoms with van der Waals surface area (Å²) in [5.41, 5.74) is 4.85.